The Morgan fingerprint density at radius 1 is 1.50 bits per heavy atom. The molecular weight excluding hydrogens is 208 g/mol. The van der Waals surface area contributed by atoms with Crippen LogP contribution < -0.4 is 10.6 Å². The van der Waals surface area contributed by atoms with Gasteiger partial charge in [0.15, 0.2) is 0 Å². The molecule has 0 spiro atoms. The number of hydrogen-bond acceptors (Lipinski definition) is 4. The van der Waals surface area contributed by atoms with Crippen molar-refractivity contribution in [3.05, 3.63) is 0 Å². The van der Waals surface area contributed by atoms with Gasteiger partial charge < -0.3 is 15.4 Å². The highest BCUT2D eigenvalue weighted by molar-refractivity contribution is 5.83. The van der Waals surface area contributed by atoms with Crippen LogP contribution in [0, 0.1) is 5.41 Å². The second-order valence-corrected chi connectivity index (χ2v) is 4.14. The molecule has 1 saturated heterocycles. The molecule has 1 amide bonds. The van der Waals surface area contributed by atoms with Gasteiger partial charge >= 0.3 is 5.97 Å². The van der Waals surface area contributed by atoms with Crippen LogP contribution in [0.5, 0.6) is 0 Å². The van der Waals surface area contributed by atoms with Gasteiger partial charge in [0.25, 0.3) is 0 Å². The summed E-state index contributed by atoms with van der Waals surface area (Å²) in [5, 5.41) is 6.00. The predicted octanol–water partition coefficient (Wildman–Crippen LogP) is 0.0554. The number of hydrogen-bond donors (Lipinski definition) is 2. The van der Waals surface area contributed by atoms with Crippen LogP contribution in [-0.4, -0.2) is 38.6 Å². The van der Waals surface area contributed by atoms with Crippen LogP contribution in [0.25, 0.3) is 0 Å². The van der Waals surface area contributed by atoms with E-state index < -0.39 is 0 Å². The monoisotopic (exact) mass is 228 g/mol. The van der Waals surface area contributed by atoms with E-state index in [2.05, 4.69) is 15.4 Å². The molecule has 92 valence electrons. The van der Waals surface area contributed by atoms with Gasteiger partial charge in [0.05, 0.1) is 18.9 Å². The Bertz CT molecular complexity index is 260. The molecule has 1 atom stereocenters. The second kappa shape index (κ2) is 5.84. The molecular formula is C11H20N2O3. The highest BCUT2D eigenvalue weighted by Gasteiger charge is 2.39. The number of amides is 1. The lowest BCUT2D eigenvalue weighted by Gasteiger charge is -2.25. The van der Waals surface area contributed by atoms with E-state index in [1.807, 2.05) is 6.92 Å². The third-order valence-corrected chi connectivity index (χ3v) is 3.24. The Labute approximate surface area is 95.9 Å². The number of carbonyl (C=O) groups excluding carboxylic acids is 2. The first-order chi connectivity index (χ1) is 7.64. The van der Waals surface area contributed by atoms with Crippen LogP contribution in [0.4, 0.5) is 0 Å². The van der Waals surface area contributed by atoms with Crippen molar-refractivity contribution in [3.8, 4) is 0 Å². The number of nitrogens with one attached hydrogen (secondary N) is 2. The van der Waals surface area contributed by atoms with E-state index in [-0.39, 0.29) is 23.7 Å². The Morgan fingerprint density at radius 3 is 2.75 bits per heavy atom. The summed E-state index contributed by atoms with van der Waals surface area (Å²) in [5.41, 5.74) is -0.282. The van der Waals surface area contributed by atoms with Crippen LogP contribution in [0.2, 0.25) is 0 Å². The molecule has 1 aliphatic heterocycles. The Morgan fingerprint density at radius 2 is 2.25 bits per heavy atom. The normalized spacial score (nSPS) is 24.1. The summed E-state index contributed by atoms with van der Waals surface area (Å²) in [4.78, 5) is 22.8. The van der Waals surface area contributed by atoms with Crippen molar-refractivity contribution in [1.82, 2.24) is 10.6 Å². The Hall–Kier alpha value is -1.10. The van der Waals surface area contributed by atoms with E-state index in [0.29, 0.717) is 6.54 Å². The van der Waals surface area contributed by atoms with Crippen molar-refractivity contribution in [2.75, 3.05) is 26.7 Å². The highest BCUT2D eigenvalue weighted by Crippen LogP contribution is 2.29. The fourth-order valence-corrected chi connectivity index (χ4v) is 1.97. The number of rotatable bonds is 5. The van der Waals surface area contributed by atoms with Gasteiger partial charge in [0.2, 0.25) is 5.91 Å². The molecule has 1 unspecified atom stereocenters. The van der Waals surface area contributed by atoms with E-state index in [4.69, 9.17) is 0 Å². The summed E-state index contributed by atoms with van der Waals surface area (Å²) in [6, 6.07) is 0. The number of esters is 1. The van der Waals surface area contributed by atoms with Crippen LogP contribution in [0.3, 0.4) is 0 Å². The molecule has 0 saturated carbocycles. The summed E-state index contributed by atoms with van der Waals surface area (Å²) in [7, 11) is 1.35. The first kappa shape index (κ1) is 13.0. The van der Waals surface area contributed by atoms with Crippen LogP contribution >= 0.6 is 0 Å². The predicted molar refractivity (Wildman–Crippen MR) is 59.9 cm³/mol. The zero-order chi connectivity index (χ0) is 12.0. The second-order valence-electron chi connectivity index (χ2n) is 4.14. The number of carbonyl (C=O) groups is 2. The van der Waals surface area contributed by atoms with Crippen molar-refractivity contribution in [2.24, 2.45) is 5.41 Å². The molecule has 2 N–H and O–H groups in total. The fourth-order valence-electron chi connectivity index (χ4n) is 1.97. The van der Waals surface area contributed by atoms with Crippen LogP contribution in [0.1, 0.15) is 26.2 Å². The summed E-state index contributed by atoms with van der Waals surface area (Å²) >= 11 is 0. The molecule has 0 aliphatic carbocycles. The average Bonchev–Trinajstić information content (AvgIpc) is 2.78. The molecule has 1 aliphatic rings. The molecule has 5 nitrogen and oxygen atoms in total. The maximum absolute atomic E-state index is 12.0. The minimum atomic E-state index is -0.296. The molecule has 0 aromatic heterocycles. The van der Waals surface area contributed by atoms with Crippen LogP contribution in [-0.2, 0) is 14.3 Å². The third kappa shape index (κ3) is 2.95. The van der Waals surface area contributed by atoms with E-state index in [1.54, 1.807) is 0 Å². The molecule has 1 fully saturated rings. The zero-order valence-electron chi connectivity index (χ0n) is 9.97. The van der Waals surface area contributed by atoms with Crippen molar-refractivity contribution in [3.63, 3.8) is 0 Å². The molecule has 0 bridgehead atoms. The average molecular weight is 228 g/mol. The van der Waals surface area contributed by atoms with Gasteiger partial charge in [-0.1, -0.05) is 6.92 Å². The topological polar surface area (TPSA) is 67.4 Å². The highest BCUT2D eigenvalue weighted by atomic mass is 16.5. The van der Waals surface area contributed by atoms with E-state index in [0.717, 1.165) is 25.9 Å². The lowest BCUT2D eigenvalue weighted by Crippen LogP contribution is -2.42. The quantitative estimate of drug-likeness (QED) is 0.653. The van der Waals surface area contributed by atoms with Crippen molar-refractivity contribution in [2.45, 2.75) is 26.2 Å². The van der Waals surface area contributed by atoms with Gasteiger partial charge in [0, 0.05) is 13.1 Å². The molecule has 0 aromatic rings. The van der Waals surface area contributed by atoms with E-state index in [9.17, 15) is 9.59 Å². The van der Waals surface area contributed by atoms with Crippen molar-refractivity contribution < 1.29 is 14.3 Å². The minimum absolute atomic E-state index is 0.0453. The SMILES string of the molecule is CCC1(C(=O)NCCC(=O)OC)CCNC1. The lowest BCUT2D eigenvalue weighted by atomic mass is 9.83. The van der Waals surface area contributed by atoms with Crippen molar-refractivity contribution >= 4 is 11.9 Å². The van der Waals surface area contributed by atoms with Crippen LogP contribution in [0.15, 0.2) is 0 Å². The smallest absolute Gasteiger partial charge is 0.307 e. The lowest BCUT2D eigenvalue weighted by molar-refractivity contribution is -0.140. The van der Waals surface area contributed by atoms with Gasteiger partial charge in [-0.25, -0.2) is 0 Å². The molecule has 16 heavy (non-hydrogen) atoms. The third-order valence-electron chi connectivity index (χ3n) is 3.24. The summed E-state index contributed by atoms with van der Waals surface area (Å²) < 4.78 is 4.51. The summed E-state index contributed by atoms with van der Waals surface area (Å²) in [6.45, 7) is 3.99. The number of methoxy groups -OCH3 is 1. The first-order valence-corrected chi connectivity index (χ1v) is 5.70. The molecule has 5 heteroatoms. The van der Waals surface area contributed by atoms with Gasteiger partial charge in [-0.15, -0.1) is 0 Å². The maximum atomic E-state index is 12.0. The van der Waals surface area contributed by atoms with E-state index >= 15 is 0 Å². The van der Waals surface area contributed by atoms with Gasteiger partial charge in [-0.05, 0) is 19.4 Å². The Kier molecular flexibility index (Phi) is 4.73. The molecule has 1 rings (SSSR count). The minimum Gasteiger partial charge on any atom is -0.469 e. The van der Waals surface area contributed by atoms with Gasteiger partial charge in [-0.2, -0.15) is 0 Å². The fraction of sp³-hybridized carbons (Fsp3) is 0.818. The summed E-state index contributed by atoms with van der Waals surface area (Å²) in [5.74, 6) is -0.251. The van der Waals surface area contributed by atoms with Gasteiger partial charge in [-0.3, -0.25) is 9.59 Å². The largest absolute Gasteiger partial charge is 0.469 e. The molecule has 0 aromatic carbocycles. The zero-order valence-corrected chi connectivity index (χ0v) is 9.97. The van der Waals surface area contributed by atoms with Gasteiger partial charge in [0.1, 0.15) is 0 Å². The van der Waals surface area contributed by atoms with E-state index in [1.165, 1.54) is 7.11 Å². The number of ether oxygens (including phenoxy) is 1. The Balaban J connectivity index is 2.36. The first-order valence-electron chi connectivity index (χ1n) is 5.70. The molecule has 0 radical (unpaired) electrons. The maximum Gasteiger partial charge on any atom is 0.307 e. The summed E-state index contributed by atoms with van der Waals surface area (Å²) in [6.07, 6.45) is 1.92. The van der Waals surface area contributed by atoms with Crippen molar-refractivity contribution in [1.29, 1.82) is 0 Å². The standard InChI is InChI=1S/C11H20N2O3/c1-3-11(5-7-12-8-11)10(15)13-6-4-9(14)16-2/h12H,3-8H2,1-2H3,(H,13,15). The molecule has 1 heterocycles.